The van der Waals surface area contributed by atoms with Crippen molar-refractivity contribution in [3.05, 3.63) is 23.8 Å². The Morgan fingerprint density at radius 2 is 2.16 bits per heavy atom. The Labute approximate surface area is 114 Å². The summed E-state index contributed by atoms with van der Waals surface area (Å²) in [6.45, 7) is 4.67. The fourth-order valence-corrected chi connectivity index (χ4v) is 1.90. The SMILES string of the molecule is CCOC(=O)c1cccc(N)c1N(C)C(C)COC. The molecule has 0 heterocycles. The number of nitrogens with two attached hydrogens (primary N) is 1. The van der Waals surface area contributed by atoms with Gasteiger partial charge in [-0.2, -0.15) is 0 Å². The second-order valence-electron chi connectivity index (χ2n) is 4.38. The van der Waals surface area contributed by atoms with Crippen LogP contribution in [-0.2, 0) is 9.47 Å². The van der Waals surface area contributed by atoms with E-state index in [1.165, 1.54) is 0 Å². The van der Waals surface area contributed by atoms with Crippen LogP contribution >= 0.6 is 0 Å². The molecule has 2 N–H and O–H groups in total. The summed E-state index contributed by atoms with van der Waals surface area (Å²) in [6, 6.07) is 5.34. The van der Waals surface area contributed by atoms with Crippen LogP contribution in [0.2, 0.25) is 0 Å². The lowest BCUT2D eigenvalue weighted by Gasteiger charge is -2.29. The highest BCUT2D eigenvalue weighted by atomic mass is 16.5. The van der Waals surface area contributed by atoms with Crippen molar-refractivity contribution in [1.82, 2.24) is 0 Å². The standard InChI is InChI=1S/C14H22N2O3/c1-5-19-14(17)11-7-6-8-12(15)13(11)16(3)10(2)9-18-4/h6-8,10H,5,9,15H2,1-4H3. The number of para-hydroxylation sites is 1. The molecule has 0 radical (unpaired) electrons. The maximum absolute atomic E-state index is 12.0. The van der Waals surface area contributed by atoms with Gasteiger partial charge >= 0.3 is 5.97 Å². The predicted octanol–water partition coefficient (Wildman–Crippen LogP) is 1.92. The number of carbonyl (C=O) groups excluding carboxylic acids is 1. The number of likely N-dealkylation sites (N-methyl/N-ethyl adjacent to an activating group) is 1. The van der Waals surface area contributed by atoms with Crippen molar-refractivity contribution < 1.29 is 14.3 Å². The Kier molecular flexibility index (Phi) is 5.63. The molecule has 0 aliphatic carbocycles. The maximum atomic E-state index is 12.0. The van der Waals surface area contributed by atoms with Gasteiger partial charge in [0.1, 0.15) is 0 Å². The second-order valence-corrected chi connectivity index (χ2v) is 4.38. The molecular formula is C14H22N2O3. The number of nitrogens with zero attached hydrogens (tertiary/aromatic N) is 1. The van der Waals surface area contributed by atoms with Gasteiger partial charge in [-0.25, -0.2) is 4.79 Å². The molecule has 1 aromatic rings. The minimum absolute atomic E-state index is 0.0999. The van der Waals surface area contributed by atoms with Crippen molar-refractivity contribution in [2.45, 2.75) is 19.9 Å². The minimum atomic E-state index is -0.360. The number of nitrogen functional groups attached to an aromatic ring is 1. The minimum Gasteiger partial charge on any atom is -0.462 e. The smallest absolute Gasteiger partial charge is 0.340 e. The largest absolute Gasteiger partial charge is 0.462 e. The first-order valence-electron chi connectivity index (χ1n) is 6.30. The molecule has 5 nitrogen and oxygen atoms in total. The van der Waals surface area contributed by atoms with Crippen molar-refractivity contribution >= 4 is 17.3 Å². The topological polar surface area (TPSA) is 64.8 Å². The molecule has 1 unspecified atom stereocenters. The van der Waals surface area contributed by atoms with Gasteiger partial charge in [0.05, 0.1) is 30.2 Å². The molecule has 0 spiro atoms. The third-order valence-electron chi connectivity index (χ3n) is 2.98. The molecule has 0 aromatic heterocycles. The monoisotopic (exact) mass is 266 g/mol. The number of hydrogen-bond acceptors (Lipinski definition) is 5. The van der Waals surface area contributed by atoms with Gasteiger partial charge in [-0.15, -0.1) is 0 Å². The van der Waals surface area contributed by atoms with E-state index in [9.17, 15) is 4.79 Å². The first-order valence-corrected chi connectivity index (χ1v) is 6.30. The third kappa shape index (κ3) is 3.61. The fraction of sp³-hybridized carbons (Fsp3) is 0.500. The number of hydrogen-bond donors (Lipinski definition) is 1. The van der Waals surface area contributed by atoms with Crippen molar-refractivity contribution in [1.29, 1.82) is 0 Å². The highest BCUT2D eigenvalue weighted by molar-refractivity contribution is 5.99. The Balaban J connectivity index is 3.13. The van der Waals surface area contributed by atoms with E-state index in [4.69, 9.17) is 15.2 Å². The molecule has 5 heteroatoms. The molecule has 19 heavy (non-hydrogen) atoms. The summed E-state index contributed by atoms with van der Waals surface area (Å²) in [5.41, 5.74) is 7.72. The number of carbonyl (C=O) groups is 1. The molecule has 0 saturated carbocycles. The lowest BCUT2D eigenvalue weighted by molar-refractivity contribution is 0.0527. The number of ether oxygens (including phenoxy) is 2. The molecular weight excluding hydrogens is 244 g/mol. The Hall–Kier alpha value is -1.75. The van der Waals surface area contributed by atoms with E-state index >= 15 is 0 Å². The summed E-state index contributed by atoms with van der Waals surface area (Å²) in [6.07, 6.45) is 0. The number of rotatable bonds is 6. The van der Waals surface area contributed by atoms with Crippen molar-refractivity contribution in [2.24, 2.45) is 0 Å². The quantitative estimate of drug-likeness (QED) is 0.629. The second kappa shape index (κ2) is 6.99. The van der Waals surface area contributed by atoms with E-state index < -0.39 is 0 Å². The fourth-order valence-electron chi connectivity index (χ4n) is 1.90. The number of anilines is 2. The molecule has 0 amide bonds. The van der Waals surface area contributed by atoms with Crippen LogP contribution in [0.25, 0.3) is 0 Å². The lowest BCUT2D eigenvalue weighted by Crippen LogP contribution is -2.34. The molecule has 0 aliphatic rings. The summed E-state index contributed by atoms with van der Waals surface area (Å²) in [4.78, 5) is 13.9. The van der Waals surface area contributed by atoms with E-state index in [1.54, 1.807) is 32.2 Å². The average Bonchev–Trinajstić information content (AvgIpc) is 2.38. The van der Waals surface area contributed by atoms with E-state index in [-0.39, 0.29) is 12.0 Å². The highest BCUT2D eigenvalue weighted by Gasteiger charge is 2.20. The van der Waals surface area contributed by atoms with Crippen molar-refractivity contribution in [3.8, 4) is 0 Å². The Morgan fingerprint density at radius 1 is 1.47 bits per heavy atom. The summed E-state index contributed by atoms with van der Waals surface area (Å²) in [5, 5.41) is 0. The lowest BCUT2D eigenvalue weighted by atomic mass is 10.1. The van der Waals surface area contributed by atoms with Gasteiger partial charge in [0.25, 0.3) is 0 Å². The van der Waals surface area contributed by atoms with Crippen molar-refractivity contribution in [3.63, 3.8) is 0 Å². The summed E-state index contributed by atoms with van der Waals surface area (Å²) < 4.78 is 10.2. The molecule has 0 bridgehead atoms. The van der Waals surface area contributed by atoms with Gasteiger partial charge in [-0.3, -0.25) is 0 Å². The van der Waals surface area contributed by atoms with Gasteiger partial charge in [0, 0.05) is 20.2 Å². The van der Waals surface area contributed by atoms with Crippen LogP contribution in [0.5, 0.6) is 0 Å². The molecule has 1 atom stereocenters. The van der Waals surface area contributed by atoms with E-state index in [2.05, 4.69) is 0 Å². The molecule has 0 aliphatic heterocycles. The van der Waals surface area contributed by atoms with Crippen LogP contribution in [0.1, 0.15) is 24.2 Å². The van der Waals surface area contributed by atoms with Gasteiger partial charge in [0.15, 0.2) is 0 Å². The van der Waals surface area contributed by atoms with Gasteiger partial charge < -0.3 is 20.1 Å². The average molecular weight is 266 g/mol. The zero-order valence-electron chi connectivity index (χ0n) is 12.0. The zero-order chi connectivity index (χ0) is 14.4. The van der Waals surface area contributed by atoms with Crippen LogP contribution < -0.4 is 10.6 Å². The first kappa shape index (κ1) is 15.3. The van der Waals surface area contributed by atoms with Gasteiger partial charge in [0.2, 0.25) is 0 Å². The summed E-state index contributed by atoms with van der Waals surface area (Å²) in [5.74, 6) is -0.360. The van der Waals surface area contributed by atoms with E-state index in [0.29, 0.717) is 30.2 Å². The molecule has 1 aromatic carbocycles. The number of esters is 1. The first-order chi connectivity index (χ1) is 9.02. The van der Waals surface area contributed by atoms with E-state index in [0.717, 1.165) is 0 Å². The third-order valence-corrected chi connectivity index (χ3v) is 2.98. The van der Waals surface area contributed by atoms with Gasteiger partial charge in [-0.05, 0) is 26.0 Å². The van der Waals surface area contributed by atoms with Crippen LogP contribution in [0, 0.1) is 0 Å². The molecule has 1 rings (SSSR count). The summed E-state index contributed by atoms with van der Waals surface area (Å²) in [7, 11) is 3.53. The molecule has 106 valence electrons. The van der Waals surface area contributed by atoms with E-state index in [1.807, 2.05) is 18.9 Å². The van der Waals surface area contributed by atoms with Crippen LogP contribution in [0.15, 0.2) is 18.2 Å². The van der Waals surface area contributed by atoms with Crippen LogP contribution in [0.3, 0.4) is 0 Å². The zero-order valence-corrected chi connectivity index (χ0v) is 12.0. The van der Waals surface area contributed by atoms with Crippen LogP contribution in [0.4, 0.5) is 11.4 Å². The number of methoxy groups -OCH3 is 1. The normalized spacial score (nSPS) is 12.0. The number of benzene rings is 1. The maximum Gasteiger partial charge on any atom is 0.340 e. The molecule has 0 saturated heterocycles. The summed E-state index contributed by atoms with van der Waals surface area (Å²) >= 11 is 0. The highest BCUT2D eigenvalue weighted by Crippen LogP contribution is 2.29. The Bertz CT molecular complexity index is 435. The van der Waals surface area contributed by atoms with Crippen LogP contribution in [-0.4, -0.2) is 39.4 Å². The van der Waals surface area contributed by atoms with Gasteiger partial charge in [-0.1, -0.05) is 6.07 Å². The molecule has 0 fully saturated rings. The Morgan fingerprint density at radius 3 is 2.74 bits per heavy atom. The van der Waals surface area contributed by atoms with Crippen molar-refractivity contribution in [2.75, 3.05) is 38.0 Å². The predicted molar refractivity (Wildman–Crippen MR) is 76.6 cm³/mol.